The zero-order valence-corrected chi connectivity index (χ0v) is 13.8. The van der Waals surface area contributed by atoms with Crippen molar-refractivity contribution in [2.24, 2.45) is 5.29 Å². The topological polar surface area (TPSA) is 81.9 Å². The normalized spacial score (nSPS) is 11.3. The summed E-state index contributed by atoms with van der Waals surface area (Å²) in [6.45, 7) is 5.82. The minimum Gasteiger partial charge on any atom is -0.497 e. The predicted molar refractivity (Wildman–Crippen MR) is 87.6 cm³/mol. The third kappa shape index (κ3) is 4.21. The molecule has 1 N–H and O–H groups in total. The number of rotatable bonds is 5. The van der Waals surface area contributed by atoms with Crippen LogP contribution in [-0.2, 0) is 11.2 Å². The maximum Gasteiger partial charge on any atom is 0.407 e. The van der Waals surface area contributed by atoms with E-state index in [2.05, 4.69) is 10.6 Å². The minimum atomic E-state index is -0.533. The summed E-state index contributed by atoms with van der Waals surface area (Å²) in [5.74, 6) is 0.697. The maximum atomic E-state index is 11.6. The Morgan fingerprint density at radius 1 is 1.35 bits per heavy atom. The van der Waals surface area contributed by atoms with E-state index in [1.807, 2.05) is 26.8 Å². The van der Waals surface area contributed by atoms with Gasteiger partial charge in [0.15, 0.2) is 0 Å². The minimum absolute atomic E-state index is 0.393. The molecule has 0 atom stereocenters. The largest absolute Gasteiger partial charge is 0.497 e. The molecule has 0 fully saturated rings. The summed E-state index contributed by atoms with van der Waals surface area (Å²) in [6.07, 6.45) is 1.74. The van der Waals surface area contributed by atoms with Crippen molar-refractivity contribution in [2.75, 3.05) is 13.7 Å². The molecular weight excluding hydrogens is 298 g/mol. The van der Waals surface area contributed by atoms with Crippen molar-refractivity contribution in [3.05, 3.63) is 34.9 Å². The standard InChI is InChI=1S/C16H21N3O4/c1-16(2,3)23-15(20)17-8-7-11-10-19(18-21)14-6-5-12(22-4)9-13(11)14/h5-6,9-10H,7-8H2,1-4H3,(H,17,20). The molecule has 2 aromatic rings. The van der Waals surface area contributed by atoms with Crippen molar-refractivity contribution in [3.63, 3.8) is 0 Å². The lowest BCUT2D eigenvalue weighted by atomic mass is 10.1. The number of carbonyl (C=O) groups excluding carboxylic acids is 1. The number of methoxy groups -OCH3 is 1. The van der Waals surface area contributed by atoms with Gasteiger partial charge in [0.05, 0.1) is 17.9 Å². The van der Waals surface area contributed by atoms with Crippen molar-refractivity contribution in [3.8, 4) is 5.75 Å². The molecular formula is C16H21N3O4. The maximum absolute atomic E-state index is 11.6. The molecule has 1 heterocycles. The zero-order chi connectivity index (χ0) is 17.0. The van der Waals surface area contributed by atoms with E-state index in [9.17, 15) is 9.70 Å². The number of aromatic nitrogens is 1. The number of alkyl carbamates (subject to hydrolysis) is 1. The van der Waals surface area contributed by atoms with Gasteiger partial charge in [-0.25, -0.2) is 9.47 Å². The van der Waals surface area contributed by atoms with Crippen molar-refractivity contribution in [1.82, 2.24) is 9.99 Å². The van der Waals surface area contributed by atoms with Crippen LogP contribution in [0.3, 0.4) is 0 Å². The van der Waals surface area contributed by atoms with E-state index in [0.29, 0.717) is 24.2 Å². The Balaban J connectivity index is 2.10. The van der Waals surface area contributed by atoms with Gasteiger partial charge in [-0.05, 0) is 51.0 Å². The smallest absolute Gasteiger partial charge is 0.407 e. The fourth-order valence-corrected chi connectivity index (χ4v) is 2.27. The molecule has 1 amide bonds. The first-order valence-corrected chi connectivity index (χ1v) is 7.32. The van der Waals surface area contributed by atoms with E-state index in [1.165, 1.54) is 4.68 Å². The molecule has 7 nitrogen and oxygen atoms in total. The lowest BCUT2D eigenvalue weighted by molar-refractivity contribution is 0.0528. The third-order valence-corrected chi connectivity index (χ3v) is 3.23. The van der Waals surface area contributed by atoms with Gasteiger partial charge in [-0.3, -0.25) is 0 Å². The summed E-state index contributed by atoms with van der Waals surface area (Å²) < 4.78 is 11.7. The molecule has 1 aromatic carbocycles. The average Bonchev–Trinajstić information content (AvgIpc) is 2.82. The molecule has 0 spiro atoms. The number of hydrogen-bond donors (Lipinski definition) is 1. The Labute approximate surface area is 134 Å². The zero-order valence-electron chi connectivity index (χ0n) is 13.8. The lowest BCUT2D eigenvalue weighted by Gasteiger charge is -2.19. The molecule has 0 saturated heterocycles. The monoisotopic (exact) mass is 319 g/mol. The van der Waals surface area contributed by atoms with Crippen LogP contribution < -0.4 is 10.1 Å². The molecule has 0 aliphatic heterocycles. The Kier molecular flexibility index (Phi) is 4.88. The van der Waals surface area contributed by atoms with Crippen LogP contribution >= 0.6 is 0 Å². The van der Waals surface area contributed by atoms with Crippen molar-refractivity contribution < 1.29 is 14.3 Å². The molecule has 0 saturated carbocycles. The second-order valence-corrected chi connectivity index (χ2v) is 6.14. The molecule has 0 unspecified atom stereocenters. The van der Waals surface area contributed by atoms with Gasteiger partial charge >= 0.3 is 6.09 Å². The van der Waals surface area contributed by atoms with Crippen molar-refractivity contribution in [2.45, 2.75) is 32.8 Å². The van der Waals surface area contributed by atoms with E-state index >= 15 is 0 Å². The number of carbonyl (C=O) groups is 1. The highest BCUT2D eigenvalue weighted by atomic mass is 16.6. The molecule has 0 radical (unpaired) electrons. The van der Waals surface area contributed by atoms with Crippen molar-refractivity contribution in [1.29, 1.82) is 0 Å². The van der Waals surface area contributed by atoms with Crippen LogP contribution in [0.25, 0.3) is 10.9 Å². The Morgan fingerprint density at radius 2 is 2.09 bits per heavy atom. The van der Waals surface area contributed by atoms with Gasteiger partial charge in [-0.2, -0.15) is 0 Å². The number of nitrogens with zero attached hydrogens (tertiary/aromatic N) is 2. The highest BCUT2D eigenvalue weighted by Crippen LogP contribution is 2.26. The van der Waals surface area contributed by atoms with Gasteiger partial charge in [0.1, 0.15) is 11.4 Å². The number of nitrogens with one attached hydrogen (secondary N) is 1. The van der Waals surface area contributed by atoms with E-state index in [0.717, 1.165) is 10.9 Å². The molecule has 0 aliphatic rings. The van der Waals surface area contributed by atoms with Crippen LogP contribution in [0.5, 0.6) is 5.75 Å². The van der Waals surface area contributed by atoms with E-state index in [1.54, 1.807) is 25.4 Å². The van der Waals surface area contributed by atoms with Crippen LogP contribution in [0.15, 0.2) is 29.7 Å². The van der Waals surface area contributed by atoms with Gasteiger partial charge in [-0.15, -0.1) is 4.91 Å². The number of benzene rings is 1. The summed E-state index contributed by atoms with van der Waals surface area (Å²) in [4.78, 5) is 22.6. The van der Waals surface area contributed by atoms with E-state index in [4.69, 9.17) is 9.47 Å². The Morgan fingerprint density at radius 3 is 2.70 bits per heavy atom. The van der Waals surface area contributed by atoms with Gasteiger partial charge in [0, 0.05) is 18.1 Å². The molecule has 2 rings (SSSR count). The van der Waals surface area contributed by atoms with Crippen LogP contribution in [-0.4, -0.2) is 30.0 Å². The van der Waals surface area contributed by atoms with Crippen LogP contribution in [0.2, 0.25) is 0 Å². The lowest BCUT2D eigenvalue weighted by Crippen LogP contribution is -2.33. The summed E-state index contributed by atoms with van der Waals surface area (Å²) >= 11 is 0. The highest BCUT2D eigenvalue weighted by Gasteiger charge is 2.16. The third-order valence-electron chi connectivity index (χ3n) is 3.23. The first-order valence-electron chi connectivity index (χ1n) is 7.32. The van der Waals surface area contributed by atoms with E-state index < -0.39 is 11.7 Å². The first kappa shape index (κ1) is 16.8. The summed E-state index contributed by atoms with van der Waals surface area (Å²) in [5, 5.41) is 6.55. The van der Waals surface area contributed by atoms with Crippen molar-refractivity contribution >= 4 is 17.0 Å². The number of ether oxygens (including phenoxy) is 2. The highest BCUT2D eigenvalue weighted by molar-refractivity contribution is 5.85. The molecule has 124 valence electrons. The summed E-state index contributed by atoms with van der Waals surface area (Å²) in [6, 6.07) is 5.40. The SMILES string of the molecule is COc1ccc2c(c1)c(CCNC(=O)OC(C)(C)C)cn2N=O. The van der Waals surface area contributed by atoms with Gasteiger partial charge in [0.25, 0.3) is 0 Å². The van der Waals surface area contributed by atoms with Crippen LogP contribution in [0, 0.1) is 4.91 Å². The van der Waals surface area contributed by atoms with Crippen LogP contribution in [0.1, 0.15) is 26.3 Å². The molecule has 0 aliphatic carbocycles. The van der Waals surface area contributed by atoms with Crippen LogP contribution in [0.4, 0.5) is 4.79 Å². The molecule has 7 heteroatoms. The predicted octanol–water partition coefficient (Wildman–Crippen LogP) is 3.25. The Hall–Kier alpha value is -2.57. The Bertz CT molecular complexity index is 716. The molecule has 23 heavy (non-hydrogen) atoms. The fraction of sp³-hybridized carbons (Fsp3) is 0.438. The number of hydrogen-bond acceptors (Lipinski definition) is 5. The van der Waals surface area contributed by atoms with Gasteiger partial charge < -0.3 is 14.8 Å². The quantitative estimate of drug-likeness (QED) is 0.858. The van der Waals surface area contributed by atoms with Gasteiger partial charge in [0.2, 0.25) is 0 Å². The first-order chi connectivity index (χ1) is 10.8. The van der Waals surface area contributed by atoms with Gasteiger partial charge in [-0.1, -0.05) is 0 Å². The van der Waals surface area contributed by atoms with E-state index in [-0.39, 0.29) is 0 Å². The molecule has 1 aromatic heterocycles. The average molecular weight is 319 g/mol. The number of fused-ring (bicyclic) bond motifs is 1. The second kappa shape index (κ2) is 6.68. The summed E-state index contributed by atoms with van der Waals surface area (Å²) in [7, 11) is 1.58. The fourth-order valence-electron chi connectivity index (χ4n) is 2.27. The molecule has 0 bridgehead atoms. The second-order valence-electron chi connectivity index (χ2n) is 6.14. The number of nitroso groups, excluding NO2 is 1. The number of amides is 1. The summed E-state index contributed by atoms with van der Waals surface area (Å²) in [5.41, 5.74) is 1.07.